The maximum atomic E-state index is 15.5. The molecule has 0 fully saturated rings. The van der Waals surface area contributed by atoms with Crippen molar-refractivity contribution in [3.05, 3.63) is 74.2 Å². The molecule has 2 nitrogen and oxygen atoms in total. The Morgan fingerprint density at radius 1 is 1.00 bits per heavy atom. The van der Waals surface area contributed by atoms with Gasteiger partial charge in [0.2, 0.25) is 0 Å². The molecule has 2 aromatic rings. The first-order valence-corrected chi connectivity index (χ1v) is 9.47. The maximum absolute atomic E-state index is 15.5. The highest BCUT2D eigenvalue weighted by atomic mass is 79.9. The molecule has 0 bridgehead atoms. The molecule has 0 radical (unpaired) electrons. The number of fused-ring (bicyclic) bond motifs is 2. The topological polar surface area (TPSA) is 7.94 Å². The van der Waals surface area contributed by atoms with Gasteiger partial charge in [-0.15, -0.1) is 0 Å². The monoisotopic (exact) mass is 416 g/mol. The zero-order chi connectivity index (χ0) is 19.0. The molecule has 0 spiro atoms. The second-order valence-electron chi connectivity index (χ2n) is 7.30. The van der Waals surface area contributed by atoms with Crippen molar-refractivity contribution in [2.45, 2.75) is 34.6 Å². The largest absolute Gasteiger partial charge is 0.737 e. The van der Waals surface area contributed by atoms with Crippen LogP contribution in [0.5, 0.6) is 0 Å². The summed E-state index contributed by atoms with van der Waals surface area (Å²) in [5.41, 5.74) is 7.11. The Labute approximate surface area is 160 Å². The minimum atomic E-state index is -3.92. The second kappa shape index (κ2) is 5.52. The highest BCUT2D eigenvalue weighted by Crippen LogP contribution is 2.44. The Morgan fingerprint density at radius 2 is 1.69 bits per heavy atom. The van der Waals surface area contributed by atoms with Gasteiger partial charge < -0.3 is 17.6 Å². The lowest BCUT2D eigenvalue weighted by atomic mass is 9.83. The van der Waals surface area contributed by atoms with Gasteiger partial charge in [0.1, 0.15) is 5.71 Å². The smallest absolute Gasteiger partial charge is 0.393 e. The SMILES string of the molecule is CC1=CC(C)=[N+]2C1=C(c1ccc(Br)c(C)c1)c1c(C)cc(C)n1[B-]2(F)F. The van der Waals surface area contributed by atoms with Gasteiger partial charge in [-0.2, -0.15) is 0 Å². The summed E-state index contributed by atoms with van der Waals surface area (Å²) in [7, 11) is 0. The Kier molecular flexibility index (Phi) is 3.71. The first-order valence-electron chi connectivity index (χ1n) is 8.68. The number of halogens is 3. The predicted molar refractivity (Wildman–Crippen MR) is 107 cm³/mol. The van der Waals surface area contributed by atoms with Gasteiger partial charge >= 0.3 is 6.97 Å². The van der Waals surface area contributed by atoms with E-state index in [0.29, 0.717) is 22.8 Å². The normalized spacial score (nSPS) is 18.2. The molecular formula is C20H20BBrF2N2. The number of rotatable bonds is 1. The second-order valence-corrected chi connectivity index (χ2v) is 8.16. The molecule has 0 aliphatic carbocycles. The molecule has 0 amide bonds. The summed E-state index contributed by atoms with van der Waals surface area (Å²) in [6.07, 6.45) is 1.85. The fourth-order valence-electron chi connectivity index (χ4n) is 4.37. The van der Waals surface area contributed by atoms with Crippen LogP contribution in [-0.4, -0.2) is 21.6 Å². The van der Waals surface area contributed by atoms with Gasteiger partial charge in [-0.05, 0) is 68.3 Å². The van der Waals surface area contributed by atoms with Crippen molar-refractivity contribution in [1.82, 2.24) is 4.48 Å². The van der Waals surface area contributed by atoms with Crippen LogP contribution in [-0.2, 0) is 0 Å². The summed E-state index contributed by atoms with van der Waals surface area (Å²) in [5, 5.41) is 0. The Balaban J connectivity index is 2.17. The average Bonchev–Trinajstić information content (AvgIpc) is 3.01. The van der Waals surface area contributed by atoms with E-state index in [0.717, 1.165) is 32.3 Å². The van der Waals surface area contributed by atoms with Crippen LogP contribution >= 0.6 is 15.9 Å². The average molecular weight is 417 g/mol. The number of hydrogen-bond donors (Lipinski definition) is 0. The Bertz CT molecular complexity index is 1070. The van der Waals surface area contributed by atoms with E-state index in [2.05, 4.69) is 22.0 Å². The summed E-state index contributed by atoms with van der Waals surface area (Å²) in [4.78, 5) is 0. The maximum Gasteiger partial charge on any atom is 0.737 e. The highest BCUT2D eigenvalue weighted by molar-refractivity contribution is 9.10. The fourth-order valence-corrected chi connectivity index (χ4v) is 4.62. The van der Waals surface area contributed by atoms with Crippen LogP contribution in [0.4, 0.5) is 8.63 Å². The zero-order valence-electron chi connectivity index (χ0n) is 15.5. The van der Waals surface area contributed by atoms with E-state index in [1.165, 1.54) is 8.96 Å². The van der Waals surface area contributed by atoms with Gasteiger partial charge in [0.05, 0.1) is 5.57 Å². The third-order valence-electron chi connectivity index (χ3n) is 5.38. The van der Waals surface area contributed by atoms with Crippen LogP contribution in [0.2, 0.25) is 0 Å². The number of aromatic nitrogens is 1. The lowest BCUT2D eigenvalue weighted by molar-refractivity contribution is -0.363. The molecule has 3 heterocycles. The van der Waals surface area contributed by atoms with Crippen molar-refractivity contribution in [3.8, 4) is 0 Å². The lowest BCUT2D eigenvalue weighted by Gasteiger charge is -2.34. The van der Waals surface area contributed by atoms with Gasteiger partial charge in [-0.1, -0.05) is 22.0 Å². The van der Waals surface area contributed by atoms with Gasteiger partial charge in [-0.25, -0.2) is 0 Å². The van der Waals surface area contributed by atoms with Crippen molar-refractivity contribution < 1.29 is 13.1 Å². The Hall–Kier alpha value is -1.95. The van der Waals surface area contributed by atoms with E-state index in [1.807, 2.05) is 45.0 Å². The molecule has 2 aliphatic heterocycles. The number of nitrogens with zero attached hydrogens (tertiary/aromatic N) is 2. The van der Waals surface area contributed by atoms with Crippen molar-refractivity contribution >= 4 is 34.2 Å². The van der Waals surface area contributed by atoms with Crippen molar-refractivity contribution in [3.63, 3.8) is 0 Å². The quantitative estimate of drug-likeness (QED) is 0.534. The van der Waals surface area contributed by atoms with Crippen molar-refractivity contribution in [2.24, 2.45) is 0 Å². The molecule has 4 rings (SSSR count). The van der Waals surface area contributed by atoms with E-state index < -0.39 is 6.97 Å². The predicted octanol–water partition coefficient (Wildman–Crippen LogP) is 5.60. The van der Waals surface area contributed by atoms with E-state index in [9.17, 15) is 0 Å². The Morgan fingerprint density at radius 3 is 2.35 bits per heavy atom. The molecule has 0 N–H and O–H groups in total. The molecule has 0 saturated heterocycles. The van der Waals surface area contributed by atoms with Crippen LogP contribution in [0.1, 0.15) is 41.9 Å². The number of hydrogen-bond acceptors (Lipinski definition) is 0. The van der Waals surface area contributed by atoms with Crippen LogP contribution in [0.15, 0.2) is 46.1 Å². The first kappa shape index (κ1) is 17.5. The van der Waals surface area contributed by atoms with E-state index in [-0.39, 0.29) is 0 Å². The molecule has 0 unspecified atom stereocenters. The standard InChI is InChI=1S/C20H20BBrF2N2/c1-11-10-16(6-7-17(11)22)18-19-12(2)8-14(4)25(19)21(23,24)26-15(5)9-13(3)20(18)26/h6-10H,1-5H3. The first-order chi connectivity index (χ1) is 12.1. The zero-order valence-corrected chi connectivity index (χ0v) is 17.1. The summed E-state index contributed by atoms with van der Waals surface area (Å²) in [6.45, 7) is 5.45. The number of benzene rings is 1. The minimum Gasteiger partial charge on any atom is -0.393 e. The van der Waals surface area contributed by atoms with E-state index in [4.69, 9.17) is 0 Å². The molecule has 1 aromatic heterocycles. The molecule has 1 aromatic carbocycles. The molecule has 0 atom stereocenters. The summed E-state index contributed by atoms with van der Waals surface area (Å²) >= 11 is 3.54. The molecule has 2 aliphatic rings. The fraction of sp³-hybridized carbons (Fsp3) is 0.250. The summed E-state index contributed by atoms with van der Waals surface area (Å²) < 4.78 is 34.6. The molecule has 26 heavy (non-hydrogen) atoms. The van der Waals surface area contributed by atoms with Crippen LogP contribution in [0.3, 0.4) is 0 Å². The molecule has 134 valence electrons. The van der Waals surface area contributed by atoms with E-state index in [1.54, 1.807) is 13.8 Å². The van der Waals surface area contributed by atoms with Crippen molar-refractivity contribution in [1.29, 1.82) is 0 Å². The number of aryl methyl sites for hydroxylation is 3. The highest BCUT2D eigenvalue weighted by Gasteiger charge is 2.55. The third-order valence-corrected chi connectivity index (χ3v) is 6.27. The molecule has 6 heteroatoms. The van der Waals surface area contributed by atoms with Crippen LogP contribution < -0.4 is 0 Å². The lowest BCUT2D eigenvalue weighted by Crippen LogP contribution is -2.51. The molecule has 0 saturated carbocycles. The summed E-state index contributed by atoms with van der Waals surface area (Å²) in [6, 6.07) is 7.91. The number of allylic oxidation sites excluding steroid dienone is 2. The molecular weight excluding hydrogens is 397 g/mol. The summed E-state index contributed by atoms with van der Waals surface area (Å²) in [5.74, 6) is 0. The third kappa shape index (κ3) is 2.17. The van der Waals surface area contributed by atoms with Gasteiger partial charge in [0, 0.05) is 28.7 Å². The van der Waals surface area contributed by atoms with Gasteiger partial charge in [-0.3, -0.25) is 0 Å². The van der Waals surface area contributed by atoms with Crippen LogP contribution in [0, 0.1) is 20.8 Å². The minimum absolute atomic E-state index is 0.588. The van der Waals surface area contributed by atoms with Gasteiger partial charge in [0.15, 0.2) is 5.70 Å². The van der Waals surface area contributed by atoms with Crippen LogP contribution in [0.25, 0.3) is 5.57 Å². The van der Waals surface area contributed by atoms with E-state index >= 15 is 8.63 Å². The van der Waals surface area contributed by atoms with Gasteiger partial charge in [0.25, 0.3) is 0 Å². The van der Waals surface area contributed by atoms with Crippen molar-refractivity contribution in [2.75, 3.05) is 0 Å².